The second-order valence-corrected chi connectivity index (χ2v) is 15.4. The van der Waals surface area contributed by atoms with Crippen LogP contribution in [0.1, 0.15) is 33.3 Å². The second-order valence-electron chi connectivity index (χ2n) is 10.6. The van der Waals surface area contributed by atoms with Crippen molar-refractivity contribution in [2.75, 3.05) is 35.2 Å². The number of hydrogen-bond donors (Lipinski definition) is 1. The largest absolute Gasteiger partial charge is 0.497 e. The van der Waals surface area contributed by atoms with Crippen molar-refractivity contribution in [1.29, 1.82) is 0 Å². The fraction of sp³-hybridized carbons (Fsp3) is 0.731. The van der Waals surface area contributed by atoms with Crippen LogP contribution in [0, 0.1) is 5.92 Å². The van der Waals surface area contributed by atoms with Crippen LogP contribution in [0.5, 0.6) is 5.75 Å². The molecule has 1 N–H and O–H groups in total. The van der Waals surface area contributed by atoms with Crippen LogP contribution in [0.3, 0.4) is 0 Å². The first kappa shape index (κ1) is 30.7. The number of oxime groups is 1. The Bertz CT molecular complexity index is 826. The Morgan fingerprint density at radius 3 is 2.08 bits per heavy atom. The zero-order valence-electron chi connectivity index (χ0n) is 23.4. The molecule has 1 aromatic rings. The van der Waals surface area contributed by atoms with E-state index in [1.54, 1.807) is 21.3 Å². The van der Waals surface area contributed by atoms with E-state index in [2.05, 4.69) is 39.0 Å². The first-order valence-corrected chi connectivity index (χ1v) is 15.1. The third-order valence-corrected chi connectivity index (χ3v) is 11.7. The molecule has 0 spiro atoms. The van der Waals surface area contributed by atoms with E-state index in [4.69, 9.17) is 32.9 Å². The molecule has 36 heavy (non-hydrogen) atoms. The molecule has 0 saturated heterocycles. The fourth-order valence-electron chi connectivity index (χ4n) is 4.24. The van der Waals surface area contributed by atoms with Crippen molar-refractivity contribution in [2.45, 2.75) is 83.0 Å². The van der Waals surface area contributed by atoms with E-state index in [0.717, 1.165) is 11.3 Å². The van der Waals surface area contributed by atoms with Gasteiger partial charge in [0.2, 0.25) is 0 Å². The van der Waals surface area contributed by atoms with Gasteiger partial charge in [0.05, 0.1) is 37.6 Å². The van der Waals surface area contributed by atoms with E-state index in [-0.39, 0.29) is 18.4 Å². The van der Waals surface area contributed by atoms with Gasteiger partial charge >= 0.3 is 0 Å². The van der Waals surface area contributed by atoms with Crippen LogP contribution in [0.25, 0.3) is 0 Å². The minimum Gasteiger partial charge on any atom is -0.497 e. The van der Waals surface area contributed by atoms with Crippen LogP contribution < -0.4 is 4.74 Å². The van der Waals surface area contributed by atoms with Gasteiger partial charge in [-0.05, 0) is 42.8 Å². The average molecular weight is 528 g/mol. The number of benzene rings is 1. The Labute approximate surface area is 217 Å². The van der Waals surface area contributed by atoms with Gasteiger partial charge in [-0.2, -0.15) is 0 Å². The van der Waals surface area contributed by atoms with Crippen molar-refractivity contribution in [3.63, 3.8) is 0 Å². The van der Waals surface area contributed by atoms with Gasteiger partial charge in [0.1, 0.15) is 38.0 Å². The second kappa shape index (κ2) is 13.3. The molecule has 206 valence electrons. The third kappa shape index (κ3) is 7.28. The molecule has 1 saturated carbocycles. The van der Waals surface area contributed by atoms with E-state index in [0.29, 0.717) is 5.71 Å². The number of methoxy groups -OCH3 is 3. The summed E-state index contributed by atoms with van der Waals surface area (Å²) in [7, 11) is 4.01. The van der Waals surface area contributed by atoms with Crippen LogP contribution in [-0.4, -0.2) is 84.9 Å². The molecule has 1 aliphatic rings. The lowest BCUT2D eigenvalue weighted by Crippen LogP contribution is -2.67. The smallest absolute Gasteiger partial charge is 0.192 e. The highest BCUT2D eigenvalue weighted by molar-refractivity contribution is 6.74. The number of rotatable bonds is 12. The van der Waals surface area contributed by atoms with Crippen LogP contribution in [0.4, 0.5) is 0 Å². The number of nitrogens with zero attached hydrogens (tertiary/aromatic N) is 1. The highest BCUT2D eigenvalue weighted by atomic mass is 28.4. The summed E-state index contributed by atoms with van der Waals surface area (Å²) in [6.45, 7) is 12.9. The fourth-order valence-corrected chi connectivity index (χ4v) is 5.54. The Kier molecular flexibility index (Phi) is 11.4. The van der Waals surface area contributed by atoms with Gasteiger partial charge in [-0.1, -0.05) is 38.1 Å². The third-order valence-electron chi connectivity index (χ3n) is 7.24. The van der Waals surface area contributed by atoms with Gasteiger partial charge in [-0.15, -0.1) is 0 Å². The molecular formula is C26H45NO8Si. The minimum atomic E-state index is -2.28. The topological polar surface area (TPSA) is 97.2 Å². The lowest BCUT2D eigenvalue weighted by Gasteiger charge is -2.51. The molecule has 10 heteroatoms. The maximum absolute atomic E-state index is 11.6. The highest BCUT2D eigenvalue weighted by Crippen LogP contribution is 2.42. The number of aliphatic hydroxyl groups excluding tert-OH is 1. The summed E-state index contributed by atoms with van der Waals surface area (Å²) in [5, 5.41) is 15.8. The zero-order valence-corrected chi connectivity index (χ0v) is 24.4. The molecule has 0 amide bonds. The normalized spacial score (nSPS) is 27.7. The minimum absolute atomic E-state index is 0.00344. The molecule has 1 aliphatic carbocycles. The summed E-state index contributed by atoms with van der Waals surface area (Å²) < 4.78 is 35.7. The summed E-state index contributed by atoms with van der Waals surface area (Å²) in [6.07, 6.45) is -3.56. The van der Waals surface area contributed by atoms with Gasteiger partial charge in [0.15, 0.2) is 8.32 Å². The SMILES string of the molecule is COCO[C@H]1[C@@H](O)[C@@H](OCc2ccc(OC)cc2)[C@H](/C(C)=N\OC)[C@@H](OC)[C@@H]1O[Si](C)(C)C(C)(C)C. The standard InChI is InChI=1S/C26H45NO8Si/c1-17(27-32-8)20-22(33-15-18-11-13-19(30-6)14-12-18)21(28)24(34-16-29-5)25(23(20)31-7)35-36(9,10)26(2,3)4/h11-14,20-25,28H,15-16H2,1-10H3/b27-17-/t20-,21-,22-,23+,24-,25-/m0/s1. The van der Waals surface area contributed by atoms with Gasteiger partial charge in [-0.3, -0.25) is 0 Å². The van der Waals surface area contributed by atoms with Gasteiger partial charge < -0.3 is 38.1 Å². The molecule has 1 fully saturated rings. The molecule has 0 aliphatic heterocycles. The van der Waals surface area contributed by atoms with Gasteiger partial charge in [0.25, 0.3) is 0 Å². The molecule has 0 radical (unpaired) electrons. The maximum atomic E-state index is 11.6. The van der Waals surface area contributed by atoms with Gasteiger partial charge in [-0.25, -0.2) is 0 Å². The molecule has 0 aromatic heterocycles. The molecule has 9 nitrogen and oxygen atoms in total. The van der Waals surface area contributed by atoms with Crippen LogP contribution in [0.2, 0.25) is 18.1 Å². The van der Waals surface area contributed by atoms with Gasteiger partial charge in [0, 0.05) is 14.2 Å². The number of hydrogen-bond acceptors (Lipinski definition) is 9. The Morgan fingerprint density at radius 1 is 0.944 bits per heavy atom. The first-order chi connectivity index (χ1) is 16.9. The van der Waals surface area contributed by atoms with Crippen molar-refractivity contribution in [3.8, 4) is 5.75 Å². The number of ether oxygens (including phenoxy) is 5. The van der Waals surface area contributed by atoms with Crippen molar-refractivity contribution in [1.82, 2.24) is 0 Å². The summed E-state index contributed by atoms with van der Waals surface area (Å²) >= 11 is 0. The molecule has 0 unspecified atom stereocenters. The average Bonchev–Trinajstić information content (AvgIpc) is 2.82. The molecule has 2 rings (SSSR count). The van der Waals surface area contributed by atoms with Crippen molar-refractivity contribution < 1.29 is 38.1 Å². The maximum Gasteiger partial charge on any atom is 0.192 e. The molecular weight excluding hydrogens is 482 g/mol. The summed E-state index contributed by atoms with van der Waals surface area (Å²) in [5.41, 5.74) is 1.57. The van der Waals surface area contributed by atoms with E-state index in [9.17, 15) is 5.11 Å². The van der Waals surface area contributed by atoms with E-state index in [1.165, 1.54) is 7.11 Å². The van der Waals surface area contributed by atoms with Crippen molar-refractivity contribution >= 4 is 14.0 Å². The first-order valence-electron chi connectivity index (χ1n) is 12.2. The zero-order chi connectivity index (χ0) is 27.1. The lowest BCUT2D eigenvalue weighted by molar-refractivity contribution is -0.238. The predicted octanol–water partition coefficient (Wildman–Crippen LogP) is 3.99. The quantitative estimate of drug-likeness (QED) is 0.189. The monoisotopic (exact) mass is 527 g/mol. The highest BCUT2D eigenvalue weighted by Gasteiger charge is 2.56. The molecule has 0 heterocycles. The van der Waals surface area contributed by atoms with E-state index >= 15 is 0 Å². The van der Waals surface area contributed by atoms with Crippen molar-refractivity contribution in [3.05, 3.63) is 29.8 Å². The van der Waals surface area contributed by atoms with E-state index < -0.39 is 44.8 Å². The Hall–Kier alpha value is -1.53. The Morgan fingerprint density at radius 2 is 1.58 bits per heavy atom. The molecule has 0 bridgehead atoms. The van der Waals surface area contributed by atoms with Crippen molar-refractivity contribution in [2.24, 2.45) is 11.1 Å². The summed E-state index contributed by atoms with van der Waals surface area (Å²) in [5.74, 6) is 0.316. The number of aliphatic hydroxyl groups is 1. The van der Waals surface area contributed by atoms with Crippen LogP contribution in [0.15, 0.2) is 29.4 Å². The predicted molar refractivity (Wildman–Crippen MR) is 141 cm³/mol. The molecule has 6 atom stereocenters. The summed E-state index contributed by atoms with van der Waals surface area (Å²) in [4.78, 5) is 5.10. The Balaban J connectivity index is 2.47. The van der Waals surface area contributed by atoms with Crippen LogP contribution >= 0.6 is 0 Å². The van der Waals surface area contributed by atoms with E-state index in [1.807, 2.05) is 31.2 Å². The van der Waals surface area contributed by atoms with Crippen LogP contribution in [-0.2, 0) is 34.8 Å². The lowest BCUT2D eigenvalue weighted by atomic mass is 9.76. The summed E-state index contributed by atoms with van der Waals surface area (Å²) in [6, 6.07) is 7.59. The molecule has 1 aromatic carbocycles.